The van der Waals surface area contributed by atoms with Gasteiger partial charge in [-0.15, -0.1) is 0 Å². The highest BCUT2D eigenvalue weighted by atomic mass is 32.2. The van der Waals surface area contributed by atoms with Gasteiger partial charge in [-0.2, -0.15) is 0 Å². The fraction of sp³-hybridized carbons (Fsp3) is 0.800. The zero-order chi connectivity index (χ0) is 16.9. The van der Waals surface area contributed by atoms with E-state index in [2.05, 4.69) is 4.98 Å². The minimum atomic E-state index is -3.08. The summed E-state index contributed by atoms with van der Waals surface area (Å²) in [4.78, 5) is 4.30. The molecule has 0 spiro atoms. The minimum absolute atomic E-state index is 0.0411. The van der Waals surface area contributed by atoms with Crippen LogP contribution in [0.2, 0.25) is 0 Å². The first-order valence-corrected chi connectivity index (χ1v) is 9.93. The average Bonchev–Trinajstić information content (AvgIpc) is 2.91. The maximum absolute atomic E-state index is 11.5. The molecule has 0 aliphatic carbocycles. The SMILES string of the molecule is CCOCc1nccn1CC(C)OC1CCN(S(C)(=O)=O)CC1. The summed E-state index contributed by atoms with van der Waals surface area (Å²) >= 11 is 0. The number of piperidine rings is 1. The summed E-state index contributed by atoms with van der Waals surface area (Å²) in [5, 5.41) is 0. The highest BCUT2D eigenvalue weighted by molar-refractivity contribution is 7.88. The van der Waals surface area contributed by atoms with Gasteiger partial charge in [-0.3, -0.25) is 0 Å². The van der Waals surface area contributed by atoms with Crippen molar-refractivity contribution in [2.45, 2.75) is 52.0 Å². The summed E-state index contributed by atoms with van der Waals surface area (Å²) in [6.07, 6.45) is 6.60. The smallest absolute Gasteiger partial charge is 0.211 e. The van der Waals surface area contributed by atoms with Gasteiger partial charge in [0.15, 0.2) is 0 Å². The van der Waals surface area contributed by atoms with E-state index in [1.165, 1.54) is 10.6 Å². The summed E-state index contributed by atoms with van der Waals surface area (Å²) < 4.78 is 38.1. The largest absolute Gasteiger partial charge is 0.374 e. The van der Waals surface area contributed by atoms with Crippen molar-refractivity contribution < 1.29 is 17.9 Å². The lowest BCUT2D eigenvalue weighted by Gasteiger charge is -2.32. The van der Waals surface area contributed by atoms with Crippen LogP contribution in [0.1, 0.15) is 32.5 Å². The molecule has 2 rings (SSSR count). The fourth-order valence-corrected chi connectivity index (χ4v) is 3.66. The number of imidazole rings is 1. The number of hydrogen-bond acceptors (Lipinski definition) is 5. The molecule has 132 valence electrons. The van der Waals surface area contributed by atoms with Crippen LogP contribution in [-0.4, -0.2) is 60.4 Å². The van der Waals surface area contributed by atoms with E-state index in [4.69, 9.17) is 9.47 Å². The molecule has 1 aromatic heterocycles. The van der Waals surface area contributed by atoms with Gasteiger partial charge in [-0.05, 0) is 26.7 Å². The molecule has 0 saturated carbocycles. The molecule has 1 aromatic rings. The van der Waals surface area contributed by atoms with E-state index in [1.807, 2.05) is 24.6 Å². The monoisotopic (exact) mass is 345 g/mol. The highest BCUT2D eigenvalue weighted by Crippen LogP contribution is 2.18. The minimum Gasteiger partial charge on any atom is -0.374 e. The molecule has 1 atom stereocenters. The molecule has 1 saturated heterocycles. The van der Waals surface area contributed by atoms with Gasteiger partial charge in [0.2, 0.25) is 10.0 Å². The van der Waals surface area contributed by atoms with Crippen molar-refractivity contribution in [3.8, 4) is 0 Å². The summed E-state index contributed by atoms with van der Waals surface area (Å²) in [5.74, 6) is 0.897. The van der Waals surface area contributed by atoms with Gasteiger partial charge in [0, 0.05) is 38.6 Å². The van der Waals surface area contributed by atoms with E-state index in [9.17, 15) is 8.42 Å². The summed E-state index contributed by atoms with van der Waals surface area (Å²) in [6.45, 7) is 6.96. The number of rotatable bonds is 8. The quantitative estimate of drug-likeness (QED) is 0.709. The first-order valence-electron chi connectivity index (χ1n) is 8.08. The predicted molar refractivity (Wildman–Crippen MR) is 87.5 cm³/mol. The first-order chi connectivity index (χ1) is 10.9. The molecule has 0 amide bonds. The van der Waals surface area contributed by atoms with E-state index < -0.39 is 10.0 Å². The topological polar surface area (TPSA) is 73.7 Å². The van der Waals surface area contributed by atoms with Crippen molar-refractivity contribution in [1.82, 2.24) is 13.9 Å². The number of ether oxygens (including phenoxy) is 2. The van der Waals surface area contributed by atoms with Crippen LogP contribution in [0.15, 0.2) is 12.4 Å². The first kappa shape index (κ1) is 18.4. The predicted octanol–water partition coefficient (Wildman–Crippen LogP) is 1.25. The number of sulfonamides is 1. The van der Waals surface area contributed by atoms with Crippen LogP contribution >= 0.6 is 0 Å². The Kier molecular flexibility index (Phi) is 6.58. The summed E-state index contributed by atoms with van der Waals surface area (Å²) in [7, 11) is -3.08. The Morgan fingerprint density at radius 3 is 2.70 bits per heavy atom. The Balaban J connectivity index is 1.80. The van der Waals surface area contributed by atoms with Crippen LogP contribution in [0, 0.1) is 0 Å². The van der Waals surface area contributed by atoms with Crippen molar-refractivity contribution in [2.24, 2.45) is 0 Å². The molecule has 0 aromatic carbocycles. The number of aromatic nitrogens is 2. The van der Waals surface area contributed by atoms with E-state index in [-0.39, 0.29) is 12.2 Å². The Labute approximate surface area is 138 Å². The molecule has 1 aliphatic rings. The lowest BCUT2D eigenvalue weighted by atomic mass is 10.1. The zero-order valence-electron chi connectivity index (χ0n) is 14.1. The van der Waals surface area contributed by atoms with Crippen LogP contribution in [0.3, 0.4) is 0 Å². The average molecular weight is 345 g/mol. The Hall–Kier alpha value is -0.960. The molecule has 0 N–H and O–H groups in total. The van der Waals surface area contributed by atoms with Crippen LogP contribution in [0.25, 0.3) is 0 Å². The van der Waals surface area contributed by atoms with Gasteiger partial charge in [-0.1, -0.05) is 0 Å². The maximum atomic E-state index is 11.5. The van der Waals surface area contributed by atoms with E-state index in [1.54, 1.807) is 6.20 Å². The maximum Gasteiger partial charge on any atom is 0.211 e. The Bertz CT molecular complexity index is 579. The lowest BCUT2D eigenvalue weighted by molar-refractivity contribution is -0.0328. The second-order valence-electron chi connectivity index (χ2n) is 5.94. The van der Waals surface area contributed by atoms with Crippen molar-refractivity contribution in [3.63, 3.8) is 0 Å². The Morgan fingerprint density at radius 1 is 1.39 bits per heavy atom. The second-order valence-corrected chi connectivity index (χ2v) is 7.92. The lowest BCUT2D eigenvalue weighted by Crippen LogP contribution is -2.41. The zero-order valence-corrected chi connectivity index (χ0v) is 15.0. The molecular weight excluding hydrogens is 318 g/mol. The molecule has 0 bridgehead atoms. The summed E-state index contributed by atoms with van der Waals surface area (Å²) in [5.41, 5.74) is 0. The normalized spacial score (nSPS) is 19.1. The molecule has 1 unspecified atom stereocenters. The molecule has 23 heavy (non-hydrogen) atoms. The molecule has 8 heteroatoms. The van der Waals surface area contributed by atoms with Crippen molar-refractivity contribution in [2.75, 3.05) is 26.0 Å². The van der Waals surface area contributed by atoms with Crippen LogP contribution < -0.4 is 0 Å². The van der Waals surface area contributed by atoms with Crippen molar-refractivity contribution in [3.05, 3.63) is 18.2 Å². The van der Waals surface area contributed by atoms with Gasteiger partial charge in [0.1, 0.15) is 12.4 Å². The third kappa shape index (κ3) is 5.56. The third-order valence-electron chi connectivity index (χ3n) is 3.99. The molecule has 1 aliphatic heterocycles. The van der Waals surface area contributed by atoms with E-state index >= 15 is 0 Å². The molecule has 7 nitrogen and oxygen atoms in total. The van der Waals surface area contributed by atoms with Gasteiger partial charge in [0.05, 0.1) is 18.5 Å². The van der Waals surface area contributed by atoms with Crippen LogP contribution in [0.5, 0.6) is 0 Å². The molecule has 2 heterocycles. The van der Waals surface area contributed by atoms with Crippen molar-refractivity contribution >= 4 is 10.0 Å². The van der Waals surface area contributed by atoms with Gasteiger partial charge in [0.25, 0.3) is 0 Å². The molecule has 1 fully saturated rings. The standard InChI is InChI=1S/C15H27N3O4S/c1-4-21-12-15-16-7-10-17(15)11-13(2)22-14-5-8-18(9-6-14)23(3,19)20/h7,10,13-14H,4-6,8-9,11-12H2,1-3H3. The van der Waals surface area contributed by atoms with Gasteiger partial charge in [-0.25, -0.2) is 17.7 Å². The van der Waals surface area contributed by atoms with E-state index in [0.29, 0.717) is 32.8 Å². The Morgan fingerprint density at radius 2 is 2.09 bits per heavy atom. The van der Waals surface area contributed by atoms with Crippen LogP contribution in [-0.2, 0) is 32.6 Å². The third-order valence-corrected chi connectivity index (χ3v) is 5.29. The van der Waals surface area contributed by atoms with Crippen LogP contribution in [0.4, 0.5) is 0 Å². The highest BCUT2D eigenvalue weighted by Gasteiger charge is 2.26. The number of nitrogens with zero attached hydrogens (tertiary/aromatic N) is 3. The molecule has 0 radical (unpaired) electrons. The number of hydrogen-bond donors (Lipinski definition) is 0. The van der Waals surface area contributed by atoms with Gasteiger partial charge < -0.3 is 14.0 Å². The van der Waals surface area contributed by atoms with Crippen molar-refractivity contribution in [1.29, 1.82) is 0 Å². The fourth-order valence-electron chi connectivity index (χ4n) is 2.79. The summed E-state index contributed by atoms with van der Waals surface area (Å²) in [6, 6.07) is 0. The van der Waals surface area contributed by atoms with E-state index in [0.717, 1.165) is 18.7 Å². The second kappa shape index (κ2) is 8.23. The van der Waals surface area contributed by atoms with Gasteiger partial charge >= 0.3 is 0 Å². The molecular formula is C15H27N3O4S.